The minimum atomic E-state index is -0.634. The van der Waals surface area contributed by atoms with Gasteiger partial charge >= 0.3 is 0 Å². The van der Waals surface area contributed by atoms with Crippen LogP contribution in [0.25, 0.3) is 0 Å². The number of carbonyl (C=O) groups is 1. The number of nitrogens with zero attached hydrogens (tertiary/aromatic N) is 1. The molecule has 0 aromatic heterocycles. The molecule has 0 unspecified atom stereocenters. The van der Waals surface area contributed by atoms with Gasteiger partial charge in [-0.05, 0) is 37.1 Å². The van der Waals surface area contributed by atoms with Gasteiger partial charge in [0.15, 0.2) is 11.5 Å². The van der Waals surface area contributed by atoms with Gasteiger partial charge in [0, 0.05) is 18.2 Å². The minimum absolute atomic E-state index is 0.0470. The zero-order valence-corrected chi connectivity index (χ0v) is 16.2. The predicted octanol–water partition coefficient (Wildman–Crippen LogP) is 4.19. The first-order chi connectivity index (χ1) is 12.9. The number of benzene rings is 2. The highest BCUT2D eigenvalue weighted by atomic mass is 32.2. The smallest absolute Gasteiger partial charge is 0.236 e. The molecule has 2 atom stereocenters. The molecule has 2 aromatic rings. The molecule has 1 fully saturated rings. The van der Waals surface area contributed by atoms with Crippen molar-refractivity contribution in [1.29, 1.82) is 0 Å². The number of methoxy groups -OCH3 is 2. The quantitative estimate of drug-likeness (QED) is 0.738. The molecule has 0 saturated carbocycles. The maximum absolute atomic E-state index is 14.3. The summed E-state index contributed by atoms with van der Waals surface area (Å²) in [5.41, 5.74) is 1.30. The van der Waals surface area contributed by atoms with Crippen molar-refractivity contribution in [2.75, 3.05) is 20.8 Å². The second kappa shape index (κ2) is 8.17. The van der Waals surface area contributed by atoms with Gasteiger partial charge in [0.2, 0.25) is 5.91 Å². The Hall–Kier alpha value is -2.28. The third-order valence-corrected chi connectivity index (χ3v) is 5.94. The van der Waals surface area contributed by atoms with E-state index in [-0.39, 0.29) is 11.2 Å². The molecule has 0 N–H and O–H groups in total. The van der Waals surface area contributed by atoms with Crippen molar-refractivity contribution in [3.8, 4) is 11.5 Å². The fraction of sp³-hybridized carbons (Fsp3) is 0.350. The highest BCUT2D eigenvalue weighted by Gasteiger charge is 2.39. The van der Waals surface area contributed by atoms with Crippen LogP contribution in [0.1, 0.15) is 23.4 Å². The summed E-state index contributed by atoms with van der Waals surface area (Å²) in [5, 5.41) is -0.738. The maximum Gasteiger partial charge on any atom is 0.236 e. The average molecular weight is 393 g/mol. The van der Waals surface area contributed by atoms with E-state index >= 15 is 0 Å². The zero-order valence-electron chi connectivity index (χ0n) is 15.4. The summed E-state index contributed by atoms with van der Waals surface area (Å²) in [6.07, 6.45) is 0.582. The first-order valence-electron chi connectivity index (χ1n) is 8.56. The van der Waals surface area contributed by atoms with Crippen LogP contribution in [0.5, 0.6) is 11.5 Å². The van der Waals surface area contributed by atoms with Crippen molar-refractivity contribution < 1.29 is 23.0 Å². The lowest BCUT2D eigenvalue weighted by Gasteiger charge is -2.24. The fourth-order valence-electron chi connectivity index (χ4n) is 3.13. The number of thioether (sulfide) groups is 1. The summed E-state index contributed by atoms with van der Waals surface area (Å²) in [4.78, 5) is 14.2. The molecular weight excluding hydrogens is 372 g/mol. The Balaban J connectivity index is 1.80. The van der Waals surface area contributed by atoms with Gasteiger partial charge in [0.25, 0.3) is 0 Å². The molecule has 27 heavy (non-hydrogen) atoms. The summed E-state index contributed by atoms with van der Waals surface area (Å²) in [6.45, 7) is 2.23. The summed E-state index contributed by atoms with van der Waals surface area (Å²) >= 11 is 1.37. The molecule has 1 aliphatic heterocycles. The van der Waals surface area contributed by atoms with Crippen LogP contribution in [-0.4, -0.2) is 36.8 Å². The lowest BCUT2D eigenvalue weighted by atomic mass is 10.1. The van der Waals surface area contributed by atoms with Crippen LogP contribution < -0.4 is 9.47 Å². The van der Waals surface area contributed by atoms with Crippen LogP contribution in [0, 0.1) is 11.6 Å². The highest BCUT2D eigenvalue weighted by molar-refractivity contribution is 8.01. The third-order valence-electron chi connectivity index (χ3n) is 4.56. The maximum atomic E-state index is 14.3. The SMILES string of the molecule is COc1ccc(CCN2C(=O)[C@@H](C)S[C@@H]2c2ccc(F)cc2F)cc1OC. The molecule has 4 nitrogen and oxygen atoms in total. The fourth-order valence-corrected chi connectivity index (χ4v) is 4.46. The second-order valence-electron chi connectivity index (χ2n) is 6.27. The number of amides is 1. The average Bonchev–Trinajstić information content (AvgIpc) is 2.93. The van der Waals surface area contributed by atoms with E-state index in [1.165, 1.54) is 23.9 Å². The molecule has 1 aliphatic rings. The van der Waals surface area contributed by atoms with Crippen molar-refractivity contribution >= 4 is 17.7 Å². The highest BCUT2D eigenvalue weighted by Crippen LogP contribution is 2.43. The Kier molecular flexibility index (Phi) is 5.89. The second-order valence-corrected chi connectivity index (χ2v) is 7.69. The zero-order chi connectivity index (χ0) is 19.6. The van der Waals surface area contributed by atoms with Gasteiger partial charge in [0.05, 0.1) is 19.5 Å². The first-order valence-corrected chi connectivity index (χ1v) is 9.50. The number of rotatable bonds is 6. The predicted molar refractivity (Wildman–Crippen MR) is 101 cm³/mol. The Morgan fingerprint density at radius 1 is 1.07 bits per heavy atom. The van der Waals surface area contributed by atoms with Crippen molar-refractivity contribution in [1.82, 2.24) is 4.90 Å². The van der Waals surface area contributed by atoms with Crippen molar-refractivity contribution in [2.45, 2.75) is 24.0 Å². The van der Waals surface area contributed by atoms with Crippen LogP contribution in [-0.2, 0) is 11.2 Å². The lowest BCUT2D eigenvalue weighted by Crippen LogP contribution is -2.32. The first kappa shape index (κ1) is 19.5. The standard InChI is InChI=1S/C20H21F2NO3S/c1-12-19(24)23(20(27-12)15-6-5-14(21)11-16(15)22)9-8-13-4-7-17(25-2)18(10-13)26-3/h4-7,10-12,20H,8-9H2,1-3H3/t12-,20-/m1/s1. The normalized spacial score (nSPS) is 19.4. The van der Waals surface area contributed by atoms with Gasteiger partial charge in [-0.1, -0.05) is 12.1 Å². The number of ether oxygens (including phenoxy) is 2. The molecule has 3 rings (SSSR count). The number of hydrogen-bond acceptors (Lipinski definition) is 4. The molecule has 0 spiro atoms. The van der Waals surface area contributed by atoms with Gasteiger partial charge in [-0.2, -0.15) is 0 Å². The molecule has 0 aliphatic carbocycles. The Morgan fingerprint density at radius 3 is 2.48 bits per heavy atom. The van der Waals surface area contributed by atoms with E-state index in [9.17, 15) is 13.6 Å². The van der Waals surface area contributed by atoms with Crippen LogP contribution in [0.2, 0.25) is 0 Å². The monoisotopic (exact) mass is 393 g/mol. The van der Waals surface area contributed by atoms with E-state index in [0.717, 1.165) is 11.6 Å². The molecule has 1 amide bonds. The van der Waals surface area contributed by atoms with Crippen LogP contribution in [0.3, 0.4) is 0 Å². The Bertz CT molecular complexity index is 846. The van der Waals surface area contributed by atoms with Gasteiger partial charge < -0.3 is 14.4 Å². The van der Waals surface area contributed by atoms with Gasteiger partial charge in [0.1, 0.15) is 17.0 Å². The van der Waals surface area contributed by atoms with Crippen molar-refractivity contribution in [3.63, 3.8) is 0 Å². The molecular formula is C20H21F2NO3S. The Morgan fingerprint density at radius 2 is 1.81 bits per heavy atom. The molecule has 7 heteroatoms. The van der Waals surface area contributed by atoms with E-state index in [1.807, 2.05) is 18.2 Å². The van der Waals surface area contributed by atoms with E-state index in [0.29, 0.717) is 30.0 Å². The lowest BCUT2D eigenvalue weighted by molar-refractivity contribution is -0.129. The van der Waals surface area contributed by atoms with Crippen molar-refractivity contribution in [3.05, 3.63) is 59.2 Å². The van der Waals surface area contributed by atoms with Crippen LogP contribution in [0.15, 0.2) is 36.4 Å². The molecule has 0 radical (unpaired) electrons. The molecule has 1 saturated heterocycles. The molecule has 0 bridgehead atoms. The van der Waals surface area contributed by atoms with E-state index in [2.05, 4.69) is 0 Å². The number of carbonyl (C=O) groups excluding carboxylic acids is 1. The van der Waals surface area contributed by atoms with E-state index < -0.39 is 17.0 Å². The summed E-state index contributed by atoms with van der Waals surface area (Å²) in [7, 11) is 3.14. The van der Waals surface area contributed by atoms with Gasteiger partial charge in [-0.15, -0.1) is 11.8 Å². The number of hydrogen-bond donors (Lipinski definition) is 0. The number of halogens is 2. The van der Waals surface area contributed by atoms with Crippen LogP contribution in [0.4, 0.5) is 8.78 Å². The van der Waals surface area contributed by atoms with Crippen molar-refractivity contribution in [2.24, 2.45) is 0 Å². The van der Waals surface area contributed by atoms with E-state index in [1.54, 1.807) is 26.0 Å². The minimum Gasteiger partial charge on any atom is -0.493 e. The largest absolute Gasteiger partial charge is 0.493 e. The summed E-state index contributed by atoms with van der Waals surface area (Å²) < 4.78 is 38.0. The Labute approximate surface area is 161 Å². The third kappa shape index (κ3) is 4.03. The van der Waals surface area contributed by atoms with E-state index in [4.69, 9.17) is 9.47 Å². The molecule has 144 valence electrons. The molecule has 2 aromatic carbocycles. The molecule has 1 heterocycles. The summed E-state index contributed by atoms with van der Waals surface area (Å²) in [5.74, 6) is -0.0595. The van der Waals surface area contributed by atoms with Gasteiger partial charge in [-0.25, -0.2) is 8.78 Å². The summed E-state index contributed by atoms with van der Waals surface area (Å²) in [6, 6.07) is 9.08. The van der Waals surface area contributed by atoms with Crippen LogP contribution >= 0.6 is 11.8 Å². The topological polar surface area (TPSA) is 38.8 Å². The van der Waals surface area contributed by atoms with Gasteiger partial charge in [-0.3, -0.25) is 4.79 Å².